The van der Waals surface area contributed by atoms with Crippen LogP contribution in [-0.2, 0) is 0 Å². The number of halogens is 1. The summed E-state index contributed by atoms with van der Waals surface area (Å²) < 4.78 is 10.6. The molecule has 0 unspecified atom stereocenters. The van der Waals surface area contributed by atoms with E-state index in [-0.39, 0.29) is 5.75 Å². The smallest absolute Gasteiger partial charge is 0.353 e. The molecule has 28 heavy (non-hydrogen) atoms. The Morgan fingerprint density at radius 1 is 1.11 bits per heavy atom. The van der Waals surface area contributed by atoms with Crippen LogP contribution in [0.5, 0.6) is 11.5 Å². The summed E-state index contributed by atoms with van der Waals surface area (Å²) in [5, 5.41) is 6.06. The van der Waals surface area contributed by atoms with Crippen molar-refractivity contribution in [2.24, 2.45) is 5.10 Å². The Hall–Kier alpha value is -3.16. The summed E-state index contributed by atoms with van der Waals surface area (Å²) in [5.74, 6) is -0.221. The normalized spacial score (nSPS) is 10.6. The third-order valence-corrected chi connectivity index (χ3v) is 4.79. The number of hydrogen-bond donors (Lipinski definition) is 1. The fourth-order valence-corrected chi connectivity index (χ4v) is 3.09. The van der Waals surface area contributed by atoms with E-state index in [1.807, 2.05) is 0 Å². The van der Waals surface area contributed by atoms with Gasteiger partial charge in [0.1, 0.15) is 4.88 Å². The number of thiophene rings is 1. The van der Waals surface area contributed by atoms with Gasteiger partial charge in [-0.1, -0.05) is 29.8 Å². The third kappa shape index (κ3) is 4.76. The van der Waals surface area contributed by atoms with Gasteiger partial charge in [0, 0.05) is 0 Å². The number of hydrogen-bond acceptors (Lipinski definition) is 6. The quantitative estimate of drug-likeness (QED) is 0.281. The van der Waals surface area contributed by atoms with Gasteiger partial charge in [0.2, 0.25) is 0 Å². The summed E-state index contributed by atoms with van der Waals surface area (Å²) in [6.07, 6.45) is 1.45. The molecular weight excluding hydrogens is 400 g/mol. The van der Waals surface area contributed by atoms with Crippen molar-refractivity contribution in [1.82, 2.24) is 5.43 Å². The zero-order valence-corrected chi connectivity index (χ0v) is 16.3. The Morgan fingerprint density at radius 3 is 2.64 bits per heavy atom. The van der Waals surface area contributed by atoms with Crippen molar-refractivity contribution >= 4 is 41.0 Å². The molecule has 0 fully saturated rings. The monoisotopic (exact) mass is 414 g/mol. The highest BCUT2D eigenvalue weighted by atomic mass is 35.5. The first kappa shape index (κ1) is 19.6. The molecule has 0 saturated heterocycles. The van der Waals surface area contributed by atoms with E-state index in [0.717, 1.165) is 0 Å². The van der Waals surface area contributed by atoms with Crippen LogP contribution in [0, 0.1) is 0 Å². The van der Waals surface area contributed by atoms with Crippen molar-refractivity contribution in [2.75, 3.05) is 7.11 Å². The number of esters is 1. The van der Waals surface area contributed by atoms with Crippen LogP contribution in [0.15, 0.2) is 65.1 Å². The maximum atomic E-state index is 12.1. The van der Waals surface area contributed by atoms with Crippen LogP contribution in [0.25, 0.3) is 0 Å². The van der Waals surface area contributed by atoms with Crippen LogP contribution < -0.4 is 14.9 Å². The van der Waals surface area contributed by atoms with Gasteiger partial charge in [-0.05, 0) is 47.3 Å². The Morgan fingerprint density at radius 2 is 1.93 bits per heavy atom. The Balaban J connectivity index is 1.68. The van der Waals surface area contributed by atoms with E-state index in [1.165, 1.54) is 24.7 Å². The minimum atomic E-state index is -0.457. The average molecular weight is 415 g/mol. The number of methoxy groups -OCH3 is 1. The van der Waals surface area contributed by atoms with E-state index in [0.29, 0.717) is 26.8 Å². The van der Waals surface area contributed by atoms with Crippen LogP contribution >= 0.6 is 22.9 Å². The lowest BCUT2D eigenvalue weighted by atomic mass is 10.2. The molecule has 0 aliphatic rings. The number of benzene rings is 2. The van der Waals surface area contributed by atoms with E-state index >= 15 is 0 Å². The van der Waals surface area contributed by atoms with Gasteiger partial charge in [0.05, 0.1) is 23.9 Å². The molecule has 8 heteroatoms. The van der Waals surface area contributed by atoms with E-state index in [2.05, 4.69) is 10.5 Å². The predicted octanol–water partition coefficient (Wildman–Crippen LogP) is 4.39. The van der Waals surface area contributed by atoms with Crippen LogP contribution in [0.2, 0.25) is 5.02 Å². The molecule has 142 valence electrons. The number of carbonyl (C=O) groups excluding carboxylic acids is 2. The molecule has 0 bridgehead atoms. The minimum Gasteiger partial charge on any atom is -0.493 e. The molecule has 1 aromatic heterocycles. The lowest BCUT2D eigenvalue weighted by Crippen LogP contribution is -2.17. The first-order valence-corrected chi connectivity index (χ1v) is 9.36. The van der Waals surface area contributed by atoms with Crippen molar-refractivity contribution in [3.05, 3.63) is 81.0 Å². The number of carbonyl (C=O) groups is 2. The molecule has 3 aromatic rings. The molecule has 0 aliphatic heterocycles. The lowest BCUT2D eigenvalue weighted by Gasteiger charge is -2.09. The fraction of sp³-hybridized carbons (Fsp3) is 0.0500. The minimum absolute atomic E-state index is 0.290. The molecule has 1 heterocycles. The topological polar surface area (TPSA) is 77.0 Å². The van der Waals surface area contributed by atoms with Gasteiger partial charge in [-0.3, -0.25) is 4.79 Å². The first-order chi connectivity index (χ1) is 13.6. The molecule has 2 aromatic carbocycles. The standard InChI is InChI=1S/C20H15ClN2O4S/c1-26-17-11-13(8-9-16(17)27-20(25)18-7-4-10-28-18)12-22-23-19(24)14-5-2-3-6-15(14)21/h2-12H,1H3,(H,23,24)/b22-12+. The van der Waals surface area contributed by atoms with Gasteiger partial charge >= 0.3 is 5.97 Å². The fourth-order valence-electron chi connectivity index (χ4n) is 2.26. The molecule has 0 spiro atoms. The highest BCUT2D eigenvalue weighted by molar-refractivity contribution is 7.12. The summed E-state index contributed by atoms with van der Waals surface area (Å²) in [6.45, 7) is 0. The van der Waals surface area contributed by atoms with Crippen LogP contribution in [0.3, 0.4) is 0 Å². The zero-order chi connectivity index (χ0) is 19.9. The largest absolute Gasteiger partial charge is 0.493 e. The number of hydrazone groups is 1. The molecule has 0 aliphatic carbocycles. The van der Waals surface area contributed by atoms with Gasteiger partial charge in [-0.25, -0.2) is 10.2 Å². The molecule has 0 radical (unpaired) electrons. The molecular formula is C20H15ClN2O4S. The van der Waals surface area contributed by atoms with E-state index in [9.17, 15) is 9.59 Å². The Kier molecular flexibility index (Phi) is 6.41. The van der Waals surface area contributed by atoms with Gasteiger partial charge < -0.3 is 9.47 Å². The second-order valence-corrected chi connectivity index (χ2v) is 6.81. The maximum Gasteiger partial charge on any atom is 0.353 e. The third-order valence-electron chi connectivity index (χ3n) is 3.61. The molecule has 1 amide bonds. The Bertz CT molecular complexity index is 1020. The summed E-state index contributed by atoms with van der Waals surface area (Å²) in [7, 11) is 1.47. The number of amides is 1. The van der Waals surface area contributed by atoms with Crippen molar-refractivity contribution < 1.29 is 19.1 Å². The van der Waals surface area contributed by atoms with Crippen LogP contribution in [-0.4, -0.2) is 25.2 Å². The highest BCUT2D eigenvalue weighted by Gasteiger charge is 2.13. The summed E-state index contributed by atoms with van der Waals surface area (Å²) in [5.41, 5.74) is 3.39. The van der Waals surface area contributed by atoms with Gasteiger partial charge in [0.15, 0.2) is 11.5 Å². The summed E-state index contributed by atoms with van der Waals surface area (Å²) in [6, 6.07) is 15.1. The molecule has 6 nitrogen and oxygen atoms in total. The number of ether oxygens (including phenoxy) is 2. The second kappa shape index (κ2) is 9.16. The zero-order valence-electron chi connectivity index (χ0n) is 14.7. The molecule has 0 atom stereocenters. The number of nitrogens with one attached hydrogen (secondary N) is 1. The van der Waals surface area contributed by atoms with Gasteiger partial charge in [0.25, 0.3) is 5.91 Å². The van der Waals surface area contributed by atoms with Crippen LogP contribution in [0.1, 0.15) is 25.6 Å². The predicted molar refractivity (Wildman–Crippen MR) is 109 cm³/mol. The van der Waals surface area contributed by atoms with Crippen molar-refractivity contribution in [1.29, 1.82) is 0 Å². The van der Waals surface area contributed by atoms with Gasteiger partial charge in [-0.2, -0.15) is 5.10 Å². The van der Waals surface area contributed by atoms with E-state index < -0.39 is 11.9 Å². The van der Waals surface area contributed by atoms with E-state index in [4.69, 9.17) is 21.1 Å². The first-order valence-electron chi connectivity index (χ1n) is 8.10. The average Bonchev–Trinajstić information content (AvgIpc) is 3.24. The number of rotatable bonds is 6. The van der Waals surface area contributed by atoms with Gasteiger partial charge in [-0.15, -0.1) is 11.3 Å². The molecule has 0 saturated carbocycles. The highest BCUT2D eigenvalue weighted by Crippen LogP contribution is 2.28. The molecule has 3 rings (SSSR count). The molecule has 1 N–H and O–H groups in total. The van der Waals surface area contributed by atoms with Crippen LogP contribution in [0.4, 0.5) is 0 Å². The second-order valence-electron chi connectivity index (χ2n) is 5.46. The van der Waals surface area contributed by atoms with Crippen molar-refractivity contribution in [3.8, 4) is 11.5 Å². The number of nitrogens with zero attached hydrogens (tertiary/aromatic N) is 1. The SMILES string of the molecule is COc1cc(/C=N/NC(=O)c2ccccc2Cl)ccc1OC(=O)c1cccs1. The summed E-state index contributed by atoms with van der Waals surface area (Å²) in [4.78, 5) is 24.7. The van der Waals surface area contributed by atoms with Crippen molar-refractivity contribution in [2.45, 2.75) is 0 Å². The lowest BCUT2D eigenvalue weighted by molar-refractivity contribution is 0.0734. The van der Waals surface area contributed by atoms with E-state index in [1.54, 1.807) is 60.0 Å². The van der Waals surface area contributed by atoms with Crippen molar-refractivity contribution in [3.63, 3.8) is 0 Å². The summed E-state index contributed by atoms with van der Waals surface area (Å²) >= 11 is 7.27. The maximum absolute atomic E-state index is 12.1. The Labute approximate surface area is 170 Å².